The average Bonchev–Trinajstić information content (AvgIpc) is 3.14. The standard InChI is InChI=1S/C30H19NO4/c1-4-5-6-7-8-9-10-11-12-13-14-15-16-17-18-19-20-21-22-23-28(32)31-27-24-26(25-34-2)29(33)30(27)35-3/h26-27,29-30,33H,24-25H2,1-3H3,(H,31,32)/t26-,27-,29?,30-/m1/s1. The van der Waals surface area contributed by atoms with Crippen LogP contribution in [0.2, 0.25) is 0 Å². The van der Waals surface area contributed by atoms with Crippen molar-refractivity contribution < 1.29 is 19.4 Å². The van der Waals surface area contributed by atoms with Crippen LogP contribution in [0.15, 0.2) is 0 Å². The summed E-state index contributed by atoms with van der Waals surface area (Å²) < 4.78 is 10.4. The molecular weight excluding hydrogens is 438 g/mol. The number of methoxy groups -OCH3 is 2. The molecule has 1 saturated carbocycles. The van der Waals surface area contributed by atoms with Crippen molar-refractivity contribution >= 4 is 5.91 Å². The number of amides is 1. The van der Waals surface area contributed by atoms with E-state index >= 15 is 0 Å². The lowest BCUT2D eigenvalue weighted by Crippen LogP contribution is -2.43. The van der Waals surface area contributed by atoms with Crippen LogP contribution >= 0.6 is 0 Å². The molecule has 0 spiro atoms. The monoisotopic (exact) mass is 457 g/mol. The van der Waals surface area contributed by atoms with E-state index < -0.39 is 18.1 Å². The van der Waals surface area contributed by atoms with Gasteiger partial charge in [-0.3, -0.25) is 4.79 Å². The Hall–Kier alpha value is -5.05. The molecular formula is C30H19NO4. The molecule has 0 aliphatic heterocycles. The zero-order valence-electron chi connectivity index (χ0n) is 19.4. The molecule has 168 valence electrons. The van der Waals surface area contributed by atoms with Gasteiger partial charge in [-0.1, -0.05) is 5.92 Å². The largest absolute Gasteiger partial charge is 0.390 e. The number of hydrogen-bond donors (Lipinski definition) is 2. The maximum Gasteiger partial charge on any atom is 0.297 e. The van der Waals surface area contributed by atoms with Crippen LogP contribution in [-0.4, -0.2) is 50.1 Å². The molecule has 5 heteroatoms. The molecule has 1 aliphatic carbocycles. The number of aliphatic hydroxyl groups excluding tert-OH is 1. The Labute approximate surface area is 207 Å². The fourth-order valence-electron chi connectivity index (χ4n) is 2.79. The molecule has 0 bridgehead atoms. The third kappa shape index (κ3) is 12.5. The molecule has 1 fully saturated rings. The van der Waals surface area contributed by atoms with Crippen LogP contribution in [0.1, 0.15) is 13.3 Å². The first-order valence-corrected chi connectivity index (χ1v) is 10.1. The Morgan fingerprint density at radius 1 is 0.771 bits per heavy atom. The first-order chi connectivity index (χ1) is 17.1. The number of ether oxygens (including phenoxy) is 2. The van der Waals surface area contributed by atoms with Crippen molar-refractivity contribution in [3.63, 3.8) is 0 Å². The van der Waals surface area contributed by atoms with Gasteiger partial charge in [-0.05, 0) is 108 Å². The Morgan fingerprint density at radius 3 is 1.60 bits per heavy atom. The van der Waals surface area contributed by atoms with Crippen molar-refractivity contribution in [2.45, 2.75) is 31.6 Å². The highest BCUT2D eigenvalue weighted by Crippen LogP contribution is 2.28. The van der Waals surface area contributed by atoms with Gasteiger partial charge in [-0.25, -0.2) is 0 Å². The number of hydrogen-bond acceptors (Lipinski definition) is 4. The normalized spacial score (nSPS) is 17.5. The maximum atomic E-state index is 12.0. The van der Waals surface area contributed by atoms with Crippen LogP contribution in [-0.2, 0) is 14.3 Å². The summed E-state index contributed by atoms with van der Waals surface area (Å²) in [5.41, 5.74) is 0. The first-order valence-electron chi connectivity index (χ1n) is 10.1. The Morgan fingerprint density at radius 2 is 1.20 bits per heavy atom. The van der Waals surface area contributed by atoms with E-state index in [-0.39, 0.29) is 12.0 Å². The summed E-state index contributed by atoms with van der Waals surface area (Å²) in [6.45, 7) is 2.06. The van der Waals surface area contributed by atoms with Gasteiger partial charge in [0.15, 0.2) is 0 Å². The van der Waals surface area contributed by atoms with E-state index in [0.29, 0.717) is 13.0 Å². The van der Waals surface area contributed by atoms with Gasteiger partial charge in [0.05, 0.1) is 18.8 Å². The van der Waals surface area contributed by atoms with Crippen molar-refractivity contribution in [3.05, 3.63) is 0 Å². The van der Waals surface area contributed by atoms with Crippen LogP contribution in [0, 0.1) is 124 Å². The number of aliphatic hydroxyl groups is 1. The van der Waals surface area contributed by atoms with Gasteiger partial charge in [0.2, 0.25) is 0 Å². The Balaban J connectivity index is 2.48. The fraction of sp³-hybridized carbons (Fsp3) is 0.300. The van der Waals surface area contributed by atoms with Crippen LogP contribution < -0.4 is 5.32 Å². The average molecular weight is 457 g/mol. The van der Waals surface area contributed by atoms with E-state index in [1.807, 2.05) is 0 Å². The minimum atomic E-state index is -0.725. The highest BCUT2D eigenvalue weighted by molar-refractivity contribution is 5.94. The van der Waals surface area contributed by atoms with E-state index in [0.717, 1.165) is 0 Å². The Bertz CT molecular complexity index is 1420. The van der Waals surface area contributed by atoms with Crippen LogP contribution in [0.5, 0.6) is 0 Å². The highest BCUT2D eigenvalue weighted by atomic mass is 16.5. The molecule has 5 nitrogen and oxygen atoms in total. The third-order valence-electron chi connectivity index (χ3n) is 4.11. The van der Waals surface area contributed by atoms with Gasteiger partial charge in [0.1, 0.15) is 6.10 Å². The first kappa shape index (κ1) is 28.0. The van der Waals surface area contributed by atoms with Gasteiger partial charge in [0, 0.05) is 37.9 Å². The SMILES string of the molecule is CC#CC#CC#CC#CC#CC#CC#CC#CC#CC#CC(=O)N[C@@H]1C[C@H](COC)C(O)[C@@H]1OC. The third-order valence-corrected chi connectivity index (χ3v) is 4.11. The zero-order valence-corrected chi connectivity index (χ0v) is 19.4. The molecule has 0 aromatic heterocycles. The molecule has 4 atom stereocenters. The highest BCUT2D eigenvalue weighted by Gasteiger charge is 2.43. The number of carbonyl (C=O) groups is 1. The van der Waals surface area contributed by atoms with Crippen molar-refractivity contribution in [2.24, 2.45) is 5.92 Å². The van der Waals surface area contributed by atoms with Crippen molar-refractivity contribution in [3.8, 4) is 118 Å². The zero-order chi connectivity index (χ0) is 25.6. The second kappa shape index (κ2) is 18.5. The summed E-state index contributed by atoms with van der Waals surface area (Å²) >= 11 is 0. The molecule has 0 aromatic carbocycles. The molecule has 1 unspecified atom stereocenters. The van der Waals surface area contributed by atoms with E-state index in [2.05, 4.69) is 124 Å². The van der Waals surface area contributed by atoms with Crippen molar-refractivity contribution in [1.82, 2.24) is 5.32 Å². The van der Waals surface area contributed by atoms with E-state index in [1.165, 1.54) is 7.11 Å². The summed E-state index contributed by atoms with van der Waals surface area (Å²) in [5, 5.41) is 13.0. The number of rotatable bonds is 4. The van der Waals surface area contributed by atoms with Gasteiger partial charge in [0.25, 0.3) is 5.91 Å². The van der Waals surface area contributed by atoms with E-state index in [9.17, 15) is 9.90 Å². The molecule has 1 amide bonds. The number of carbonyl (C=O) groups excluding carboxylic acids is 1. The second-order valence-corrected chi connectivity index (χ2v) is 6.35. The molecule has 1 rings (SSSR count). The summed E-state index contributed by atoms with van der Waals surface area (Å²) in [6, 6.07) is -0.364. The predicted molar refractivity (Wildman–Crippen MR) is 132 cm³/mol. The van der Waals surface area contributed by atoms with Gasteiger partial charge in [-0.15, -0.1) is 0 Å². The molecule has 35 heavy (non-hydrogen) atoms. The minimum absolute atomic E-state index is 0.123. The second-order valence-electron chi connectivity index (χ2n) is 6.35. The molecule has 0 aromatic rings. The quantitative estimate of drug-likeness (QED) is 0.563. The van der Waals surface area contributed by atoms with Crippen LogP contribution in [0.4, 0.5) is 0 Å². The van der Waals surface area contributed by atoms with E-state index in [1.54, 1.807) is 14.0 Å². The molecule has 1 aliphatic rings. The summed E-state index contributed by atoms with van der Waals surface area (Å²) in [6.07, 6.45) is -0.723. The molecule has 2 N–H and O–H groups in total. The minimum Gasteiger partial charge on any atom is -0.390 e. The molecule has 0 radical (unpaired) electrons. The lowest BCUT2D eigenvalue weighted by molar-refractivity contribution is -0.117. The number of nitrogens with one attached hydrogen (secondary N) is 1. The fourth-order valence-corrected chi connectivity index (χ4v) is 2.79. The van der Waals surface area contributed by atoms with Gasteiger partial charge < -0.3 is 19.9 Å². The molecule has 0 saturated heterocycles. The summed E-state index contributed by atoms with van der Waals surface area (Å²) in [5.74, 6) is 49.2. The summed E-state index contributed by atoms with van der Waals surface area (Å²) in [4.78, 5) is 12.0. The van der Waals surface area contributed by atoms with Gasteiger partial charge in [-0.2, -0.15) is 0 Å². The smallest absolute Gasteiger partial charge is 0.297 e. The van der Waals surface area contributed by atoms with Gasteiger partial charge >= 0.3 is 0 Å². The van der Waals surface area contributed by atoms with Crippen LogP contribution in [0.25, 0.3) is 0 Å². The van der Waals surface area contributed by atoms with E-state index in [4.69, 9.17) is 9.47 Å². The predicted octanol–water partition coefficient (Wildman–Crippen LogP) is -0.433. The Kier molecular flexibility index (Phi) is 14.8. The van der Waals surface area contributed by atoms with Crippen LogP contribution in [0.3, 0.4) is 0 Å². The lowest BCUT2D eigenvalue weighted by Gasteiger charge is -2.21. The lowest BCUT2D eigenvalue weighted by atomic mass is 10.1. The maximum absolute atomic E-state index is 12.0. The molecule has 0 heterocycles. The summed E-state index contributed by atoms with van der Waals surface area (Å²) in [7, 11) is 3.04. The topological polar surface area (TPSA) is 67.8 Å². The van der Waals surface area contributed by atoms with Crippen molar-refractivity contribution in [2.75, 3.05) is 20.8 Å². The van der Waals surface area contributed by atoms with Crippen molar-refractivity contribution in [1.29, 1.82) is 0 Å².